The molecule has 2 N–H and O–H groups in total. The fourth-order valence-corrected chi connectivity index (χ4v) is 0.914. The molecule has 0 aliphatic carbocycles. The van der Waals surface area contributed by atoms with Gasteiger partial charge in [0, 0.05) is 0 Å². The largest absolute Gasteiger partial charge is 0.481 e. The summed E-state index contributed by atoms with van der Waals surface area (Å²) in [5, 5.41) is 25.7. The van der Waals surface area contributed by atoms with Crippen LogP contribution in [0.3, 0.4) is 0 Å². The van der Waals surface area contributed by atoms with E-state index < -0.39 is 23.3 Å². The fourth-order valence-electron chi connectivity index (χ4n) is 0.914. The fraction of sp³-hybridized carbons (Fsp3) is 0.667. The first-order valence-corrected chi connectivity index (χ1v) is 4.17. The van der Waals surface area contributed by atoms with Gasteiger partial charge in [0.15, 0.2) is 5.92 Å². The van der Waals surface area contributed by atoms with E-state index in [2.05, 4.69) is 0 Å². The molecule has 0 atom stereocenters. The van der Waals surface area contributed by atoms with Crippen molar-refractivity contribution in [2.75, 3.05) is 0 Å². The summed E-state index contributed by atoms with van der Waals surface area (Å²) >= 11 is 0. The third-order valence-electron chi connectivity index (χ3n) is 1.96. The van der Waals surface area contributed by atoms with Crippen LogP contribution in [0.25, 0.3) is 0 Å². The molecule has 14 heavy (non-hydrogen) atoms. The molecule has 0 rings (SSSR count). The number of rotatable bonds is 5. The van der Waals surface area contributed by atoms with E-state index in [4.69, 9.17) is 15.5 Å². The molecule has 0 radical (unpaired) electrons. The summed E-state index contributed by atoms with van der Waals surface area (Å²) in [4.78, 5) is 21.0. The Hall–Kier alpha value is -1.57. The molecule has 0 spiro atoms. The van der Waals surface area contributed by atoms with Crippen LogP contribution in [0.2, 0.25) is 0 Å². The van der Waals surface area contributed by atoms with Crippen molar-refractivity contribution in [1.29, 1.82) is 5.26 Å². The number of carboxylic acids is 2. The van der Waals surface area contributed by atoms with Crippen LogP contribution < -0.4 is 0 Å². The molecule has 0 aliphatic heterocycles. The van der Waals surface area contributed by atoms with Crippen LogP contribution in [0.15, 0.2) is 0 Å². The molecule has 0 unspecified atom stereocenters. The Labute approximate surface area is 82.0 Å². The first-order valence-electron chi connectivity index (χ1n) is 4.17. The van der Waals surface area contributed by atoms with Gasteiger partial charge in [-0.1, -0.05) is 0 Å². The summed E-state index contributed by atoms with van der Waals surface area (Å²) in [6.45, 7) is 3.29. The predicted octanol–water partition coefficient (Wildman–Crippen LogP) is 1.10. The van der Waals surface area contributed by atoms with Crippen molar-refractivity contribution in [3.8, 4) is 6.07 Å². The van der Waals surface area contributed by atoms with Gasteiger partial charge in [0.2, 0.25) is 0 Å². The number of aliphatic carboxylic acids is 2. The molecule has 0 saturated heterocycles. The second kappa shape index (κ2) is 4.61. The quantitative estimate of drug-likeness (QED) is 0.646. The SMILES string of the molecule is CC(C)(C#N)CCC(C(=O)O)C(=O)O. The zero-order valence-corrected chi connectivity index (χ0v) is 8.15. The van der Waals surface area contributed by atoms with Crippen LogP contribution in [0.5, 0.6) is 0 Å². The van der Waals surface area contributed by atoms with Gasteiger partial charge in [-0.2, -0.15) is 5.26 Å². The molecule has 0 aromatic heterocycles. The maximum atomic E-state index is 10.5. The van der Waals surface area contributed by atoms with E-state index in [-0.39, 0.29) is 12.8 Å². The van der Waals surface area contributed by atoms with E-state index in [1.165, 1.54) is 0 Å². The summed E-state index contributed by atoms with van der Waals surface area (Å²) < 4.78 is 0. The lowest BCUT2D eigenvalue weighted by Gasteiger charge is -2.16. The van der Waals surface area contributed by atoms with Crippen LogP contribution in [-0.4, -0.2) is 22.2 Å². The molecule has 78 valence electrons. The van der Waals surface area contributed by atoms with Crippen LogP contribution in [0, 0.1) is 22.7 Å². The molecule has 0 aromatic carbocycles. The third-order valence-corrected chi connectivity index (χ3v) is 1.96. The Morgan fingerprint density at radius 2 is 1.79 bits per heavy atom. The highest BCUT2D eigenvalue weighted by molar-refractivity contribution is 5.92. The number of nitrogens with zero attached hydrogens (tertiary/aromatic N) is 1. The van der Waals surface area contributed by atoms with Crippen molar-refractivity contribution in [2.45, 2.75) is 26.7 Å². The van der Waals surface area contributed by atoms with Crippen LogP contribution in [-0.2, 0) is 9.59 Å². The molecule has 0 heterocycles. The van der Waals surface area contributed by atoms with Gasteiger partial charge >= 0.3 is 11.9 Å². The first kappa shape index (κ1) is 12.4. The Bertz CT molecular complexity index is 263. The average Bonchev–Trinajstić information content (AvgIpc) is 2.03. The minimum absolute atomic E-state index is 0.0226. The topological polar surface area (TPSA) is 98.4 Å². The van der Waals surface area contributed by atoms with E-state index in [0.29, 0.717) is 0 Å². The van der Waals surface area contributed by atoms with Gasteiger partial charge in [-0.25, -0.2) is 0 Å². The molecule has 5 heteroatoms. The van der Waals surface area contributed by atoms with Crippen molar-refractivity contribution in [1.82, 2.24) is 0 Å². The zero-order valence-electron chi connectivity index (χ0n) is 8.15. The van der Waals surface area contributed by atoms with E-state index in [9.17, 15) is 9.59 Å². The molecule has 0 fully saturated rings. The number of carbonyl (C=O) groups is 2. The lowest BCUT2D eigenvalue weighted by Crippen LogP contribution is -2.25. The van der Waals surface area contributed by atoms with E-state index in [1.54, 1.807) is 13.8 Å². The van der Waals surface area contributed by atoms with Crippen LogP contribution in [0.1, 0.15) is 26.7 Å². The molecule has 0 saturated carbocycles. The molecule has 0 aromatic rings. The standard InChI is InChI=1S/C9H13NO4/c1-9(2,5-10)4-3-6(7(11)12)8(13)14/h6H,3-4H2,1-2H3,(H,11,12)(H,13,14). The predicted molar refractivity (Wildman–Crippen MR) is 47.4 cm³/mol. The Balaban J connectivity index is 4.30. The van der Waals surface area contributed by atoms with Crippen molar-refractivity contribution in [3.63, 3.8) is 0 Å². The van der Waals surface area contributed by atoms with Crippen molar-refractivity contribution < 1.29 is 19.8 Å². The van der Waals surface area contributed by atoms with Crippen molar-refractivity contribution >= 4 is 11.9 Å². The van der Waals surface area contributed by atoms with Gasteiger partial charge in [0.05, 0.1) is 11.5 Å². The summed E-state index contributed by atoms with van der Waals surface area (Å²) in [5.41, 5.74) is -0.677. The number of carboxylic acid groups (broad SMARTS) is 2. The van der Waals surface area contributed by atoms with E-state index in [1.807, 2.05) is 6.07 Å². The zero-order chi connectivity index (χ0) is 11.4. The van der Waals surface area contributed by atoms with Crippen LogP contribution in [0.4, 0.5) is 0 Å². The van der Waals surface area contributed by atoms with Gasteiger partial charge < -0.3 is 10.2 Å². The van der Waals surface area contributed by atoms with E-state index >= 15 is 0 Å². The van der Waals surface area contributed by atoms with Gasteiger partial charge in [0.1, 0.15) is 0 Å². The lowest BCUT2D eigenvalue weighted by atomic mass is 9.86. The second-order valence-corrected chi connectivity index (χ2v) is 3.76. The maximum absolute atomic E-state index is 10.5. The van der Waals surface area contributed by atoms with Gasteiger partial charge in [-0.3, -0.25) is 9.59 Å². The Morgan fingerprint density at radius 3 is 2.07 bits per heavy atom. The smallest absolute Gasteiger partial charge is 0.317 e. The monoisotopic (exact) mass is 199 g/mol. The molecular formula is C9H13NO4. The summed E-state index contributed by atoms with van der Waals surface area (Å²) in [7, 11) is 0. The second-order valence-electron chi connectivity index (χ2n) is 3.76. The highest BCUT2D eigenvalue weighted by Crippen LogP contribution is 2.23. The lowest BCUT2D eigenvalue weighted by molar-refractivity contribution is -0.154. The van der Waals surface area contributed by atoms with E-state index in [0.717, 1.165) is 0 Å². The maximum Gasteiger partial charge on any atom is 0.317 e. The number of hydrogen-bond donors (Lipinski definition) is 2. The first-order chi connectivity index (χ1) is 6.30. The minimum Gasteiger partial charge on any atom is -0.481 e. The Kier molecular flexibility index (Phi) is 4.09. The van der Waals surface area contributed by atoms with Gasteiger partial charge in [-0.15, -0.1) is 0 Å². The Morgan fingerprint density at radius 1 is 1.36 bits per heavy atom. The summed E-state index contributed by atoms with van der Waals surface area (Å²) in [5.74, 6) is -4.12. The molecular weight excluding hydrogens is 186 g/mol. The molecule has 0 amide bonds. The summed E-state index contributed by atoms with van der Waals surface area (Å²) in [6.07, 6.45) is 0.234. The number of nitriles is 1. The summed E-state index contributed by atoms with van der Waals surface area (Å²) in [6, 6.07) is 1.99. The van der Waals surface area contributed by atoms with Crippen molar-refractivity contribution in [2.24, 2.45) is 11.3 Å². The molecule has 0 aliphatic rings. The van der Waals surface area contributed by atoms with Gasteiger partial charge in [-0.05, 0) is 26.7 Å². The molecule has 5 nitrogen and oxygen atoms in total. The normalized spacial score (nSPS) is 11.0. The third kappa shape index (κ3) is 3.90. The minimum atomic E-state index is -1.41. The average molecular weight is 199 g/mol. The number of hydrogen-bond acceptors (Lipinski definition) is 3. The van der Waals surface area contributed by atoms with Gasteiger partial charge in [0.25, 0.3) is 0 Å². The molecule has 0 bridgehead atoms. The van der Waals surface area contributed by atoms with Crippen molar-refractivity contribution in [3.05, 3.63) is 0 Å². The highest BCUT2D eigenvalue weighted by Gasteiger charge is 2.28. The highest BCUT2D eigenvalue weighted by atomic mass is 16.4. The van der Waals surface area contributed by atoms with Crippen LogP contribution >= 0.6 is 0 Å².